The molecule has 1 aliphatic heterocycles. The van der Waals surface area contributed by atoms with E-state index >= 15 is 0 Å². The number of piperidine rings is 1. The summed E-state index contributed by atoms with van der Waals surface area (Å²) in [5.41, 5.74) is 0.659. The third kappa shape index (κ3) is 5.74. The number of nitrogens with one attached hydrogen (secondary N) is 1. The molecular formula is C28H30N4O6. The third-order valence-electron chi connectivity index (χ3n) is 7.31. The van der Waals surface area contributed by atoms with Crippen LogP contribution < -0.4 is 10.1 Å². The number of likely N-dealkylation sites (tertiary alicyclic amines) is 1. The number of aromatic nitrogens is 1. The third-order valence-corrected chi connectivity index (χ3v) is 7.31. The summed E-state index contributed by atoms with van der Waals surface area (Å²) in [7, 11) is 0. The second-order valence-electron chi connectivity index (χ2n) is 9.90. The Bertz CT molecular complexity index is 1320. The molecule has 198 valence electrons. The molecule has 1 aliphatic carbocycles. The zero-order valence-electron chi connectivity index (χ0n) is 20.8. The molecule has 1 saturated heterocycles. The Kier molecular flexibility index (Phi) is 7.49. The van der Waals surface area contributed by atoms with Crippen LogP contribution in [0.5, 0.6) is 23.0 Å². The molecule has 1 saturated carbocycles. The summed E-state index contributed by atoms with van der Waals surface area (Å²) in [6.45, 7) is 1.79. The second kappa shape index (κ2) is 11.1. The van der Waals surface area contributed by atoms with Gasteiger partial charge >= 0.3 is 0 Å². The number of aromatic hydroxyl groups is 2. The van der Waals surface area contributed by atoms with Gasteiger partial charge in [0.2, 0.25) is 0 Å². The van der Waals surface area contributed by atoms with Crippen molar-refractivity contribution in [2.24, 2.45) is 0 Å². The monoisotopic (exact) mass is 518 g/mol. The van der Waals surface area contributed by atoms with Crippen molar-refractivity contribution in [3.63, 3.8) is 0 Å². The topological polar surface area (TPSA) is 152 Å². The molecule has 5 rings (SSSR count). The van der Waals surface area contributed by atoms with Crippen molar-refractivity contribution in [3.05, 3.63) is 53.7 Å². The maximum Gasteiger partial charge on any atom is 0.273 e. The summed E-state index contributed by atoms with van der Waals surface area (Å²) < 4.78 is 11.2. The van der Waals surface area contributed by atoms with Crippen molar-refractivity contribution < 1.29 is 29.4 Å². The first-order valence-corrected chi connectivity index (χ1v) is 12.8. The maximum absolute atomic E-state index is 12.9. The van der Waals surface area contributed by atoms with Crippen molar-refractivity contribution >= 4 is 5.91 Å². The number of nitriles is 1. The molecule has 0 bridgehead atoms. The fraction of sp³-hybridized carbons (Fsp3) is 0.393. The second-order valence-corrected chi connectivity index (χ2v) is 9.90. The fourth-order valence-electron chi connectivity index (χ4n) is 5.23. The van der Waals surface area contributed by atoms with Crippen molar-refractivity contribution in [2.45, 2.75) is 56.7 Å². The van der Waals surface area contributed by atoms with Gasteiger partial charge in [0, 0.05) is 43.4 Å². The normalized spacial score (nSPS) is 20.5. The number of hydrogen-bond acceptors (Lipinski definition) is 9. The minimum Gasteiger partial charge on any atom is -0.508 e. The van der Waals surface area contributed by atoms with Crippen LogP contribution in [0.4, 0.5) is 0 Å². The lowest BCUT2D eigenvalue weighted by atomic mass is 9.90. The number of benzene rings is 2. The van der Waals surface area contributed by atoms with Gasteiger partial charge in [0.1, 0.15) is 28.6 Å². The predicted octanol–water partition coefficient (Wildman–Crippen LogP) is 3.91. The number of phenolic OH excluding ortho intramolecular Hbond substituents is 2. The van der Waals surface area contributed by atoms with Crippen LogP contribution in [-0.2, 0) is 0 Å². The molecule has 0 unspecified atom stereocenters. The smallest absolute Gasteiger partial charge is 0.273 e. The van der Waals surface area contributed by atoms with Gasteiger partial charge in [-0.05, 0) is 62.8 Å². The van der Waals surface area contributed by atoms with E-state index in [1.165, 1.54) is 12.1 Å². The molecule has 0 atom stereocenters. The van der Waals surface area contributed by atoms with E-state index in [0.717, 1.165) is 57.7 Å². The Hall–Kier alpha value is -4.07. The van der Waals surface area contributed by atoms with Crippen LogP contribution in [0, 0.1) is 11.3 Å². The number of hydrogen-bond donors (Lipinski definition) is 4. The molecule has 4 N–H and O–H groups in total. The number of carbonyl (C=O) groups is 1. The Morgan fingerprint density at radius 1 is 1.05 bits per heavy atom. The summed E-state index contributed by atoms with van der Waals surface area (Å²) in [5, 5.41) is 46.2. The van der Waals surface area contributed by atoms with Crippen LogP contribution in [0.25, 0.3) is 11.3 Å². The fourth-order valence-corrected chi connectivity index (χ4v) is 5.23. The van der Waals surface area contributed by atoms with E-state index in [2.05, 4.69) is 15.4 Å². The van der Waals surface area contributed by atoms with Crippen molar-refractivity contribution in [3.8, 4) is 40.4 Å². The highest BCUT2D eigenvalue weighted by Crippen LogP contribution is 2.43. The van der Waals surface area contributed by atoms with Crippen LogP contribution >= 0.6 is 0 Å². The van der Waals surface area contributed by atoms with Gasteiger partial charge in [-0.25, -0.2) is 0 Å². The number of aliphatic hydroxyl groups is 1. The van der Waals surface area contributed by atoms with Gasteiger partial charge in [0.15, 0.2) is 11.5 Å². The summed E-state index contributed by atoms with van der Waals surface area (Å²) in [6, 6.07) is 12.8. The number of nitrogens with zero attached hydrogens (tertiary/aromatic N) is 3. The van der Waals surface area contributed by atoms with E-state index in [9.17, 15) is 20.1 Å². The quantitative estimate of drug-likeness (QED) is 0.380. The van der Waals surface area contributed by atoms with E-state index in [-0.39, 0.29) is 52.3 Å². The predicted molar refractivity (Wildman–Crippen MR) is 137 cm³/mol. The van der Waals surface area contributed by atoms with E-state index in [0.29, 0.717) is 17.4 Å². The highest BCUT2D eigenvalue weighted by atomic mass is 16.5. The number of aliphatic hydroxyl groups excluding tert-OH is 1. The Morgan fingerprint density at radius 3 is 2.45 bits per heavy atom. The lowest BCUT2D eigenvalue weighted by molar-refractivity contribution is 0.0580. The van der Waals surface area contributed by atoms with Crippen molar-refractivity contribution in [1.82, 2.24) is 15.4 Å². The minimum absolute atomic E-state index is 0.0189. The number of carbonyl (C=O) groups excluding carboxylic acids is 1. The molecule has 2 fully saturated rings. The van der Waals surface area contributed by atoms with E-state index < -0.39 is 0 Å². The van der Waals surface area contributed by atoms with Gasteiger partial charge in [-0.2, -0.15) is 5.26 Å². The molecule has 2 aliphatic rings. The molecule has 10 heteroatoms. The standard InChI is InChI=1S/C28H30N4O6/c29-16-17-1-7-22(8-2-17)37-25-14-21(34)13-24(35)27(25)26-15-23(31-38-26)28(36)30-18-9-11-32(12-10-18)19-3-5-20(33)6-4-19/h1-2,7-8,13-15,18-20,33-35H,3-6,9-12H2,(H,30,36). The van der Waals surface area contributed by atoms with Crippen molar-refractivity contribution in [2.75, 3.05) is 13.1 Å². The van der Waals surface area contributed by atoms with Gasteiger partial charge in [-0.3, -0.25) is 4.79 Å². The summed E-state index contributed by atoms with van der Waals surface area (Å²) in [4.78, 5) is 15.4. The van der Waals surface area contributed by atoms with Crippen LogP contribution in [0.2, 0.25) is 0 Å². The van der Waals surface area contributed by atoms with Gasteiger partial charge in [0.25, 0.3) is 5.91 Å². The number of ether oxygens (including phenoxy) is 1. The summed E-state index contributed by atoms with van der Waals surface area (Å²) in [6.07, 6.45) is 5.23. The lowest BCUT2D eigenvalue weighted by Crippen LogP contribution is -2.49. The minimum atomic E-state index is -0.368. The van der Waals surface area contributed by atoms with Crippen LogP contribution in [0.15, 0.2) is 47.0 Å². The number of amides is 1. The van der Waals surface area contributed by atoms with Gasteiger partial charge in [0.05, 0.1) is 17.7 Å². The van der Waals surface area contributed by atoms with Crippen LogP contribution in [-0.4, -0.2) is 62.6 Å². The number of phenols is 2. The van der Waals surface area contributed by atoms with E-state index in [4.69, 9.17) is 14.5 Å². The SMILES string of the molecule is N#Cc1ccc(Oc2cc(O)cc(O)c2-c2cc(C(=O)NC3CCN(C4CCC(O)CC4)CC3)no2)cc1. The first-order valence-electron chi connectivity index (χ1n) is 12.8. The highest BCUT2D eigenvalue weighted by Gasteiger charge is 2.29. The molecule has 10 nitrogen and oxygen atoms in total. The first kappa shape index (κ1) is 25.6. The van der Waals surface area contributed by atoms with E-state index in [1.54, 1.807) is 24.3 Å². The lowest BCUT2D eigenvalue weighted by Gasteiger charge is -2.40. The first-order chi connectivity index (χ1) is 18.4. The molecule has 0 spiro atoms. The van der Waals surface area contributed by atoms with Gasteiger partial charge in [-0.15, -0.1) is 0 Å². The molecule has 1 aromatic heterocycles. The zero-order valence-corrected chi connectivity index (χ0v) is 20.8. The van der Waals surface area contributed by atoms with Gasteiger partial charge in [-0.1, -0.05) is 5.16 Å². The summed E-state index contributed by atoms with van der Waals surface area (Å²) in [5.74, 6) is -0.318. The average Bonchev–Trinajstić information content (AvgIpc) is 3.40. The highest BCUT2D eigenvalue weighted by molar-refractivity contribution is 5.93. The Labute approximate surface area is 220 Å². The molecule has 3 aromatic rings. The van der Waals surface area contributed by atoms with Crippen LogP contribution in [0.3, 0.4) is 0 Å². The maximum atomic E-state index is 12.9. The average molecular weight is 519 g/mol. The molecule has 38 heavy (non-hydrogen) atoms. The van der Waals surface area contributed by atoms with Crippen molar-refractivity contribution in [1.29, 1.82) is 5.26 Å². The molecule has 2 heterocycles. The van der Waals surface area contributed by atoms with E-state index in [1.807, 2.05) is 6.07 Å². The molecule has 1 amide bonds. The molecular weight excluding hydrogens is 488 g/mol. The number of rotatable bonds is 6. The molecule has 2 aromatic carbocycles. The largest absolute Gasteiger partial charge is 0.508 e. The Morgan fingerprint density at radius 2 is 1.76 bits per heavy atom. The van der Waals surface area contributed by atoms with Gasteiger partial charge < -0.3 is 34.8 Å². The summed E-state index contributed by atoms with van der Waals surface area (Å²) >= 11 is 0. The van der Waals surface area contributed by atoms with Crippen LogP contribution in [0.1, 0.15) is 54.6 Å². The molecule has 0 radical (unpaired) electrons. The zero-order chi connectivity index (χ0) is 26.6. The Balaban J connectivity index is 1.25.